The number of rotatable bonds is 3. The Kier molecular flexibility index (Phi) is 3.48. The quantitative estimate of drug-likeness (QED) is 0.889. The molecule has 0 bridgehead atoms. The molecule has 0 atom stereocenters. The number of hydrogen-bond acceptors (Lipinski definition) is 3. The molecule has 4 nitrogen and oxygen atoms in total. The van der Waals surface area contributed by atoms with Gasteiger partial charge in [0, 0.05) is 0 Å². The molecule has 1 aromatic heterocycles. The van der Waals surface area contributed by atoms with Gasteiger partial charge in [-0.05, 0) is 30.7 Å². The lowest BCUT2D eigenvalue weighted by Gasteiger charge is -2.11. The third-order valence-electron chi connectivity index (χ3n) is 2.47. The zero-order valence-electron chi connectivity index (χ0n) is 9.64. The first-order chi connectivity index (χ1) is 8.58. The summed E-state index contributed by atoms with van der Waals surface area (Å²) in [5, 5.41) is 12.5. The molecular weight excluding hydrogens is 252 g/mol. The fourth-order valence-electron chi connectivity index (χ4n) is 1.53. The van der Waals surface area contributed by atoms with Crippen LogP contribution in [0.2, 0.25) is 5.02 Å². The Morgan fingerprint density at radius 1 is 1.33 bits per heavy atom. The predicted molar refractivity (Wildman–Crippen MR) is 70.7 cm³/mol. The molecule has 1 heterocycles. The number of carboxylic acid groups (broad SMARTS) is 1. The van der Waals surface area contributed by atoms with Gasteiger partial charge in [-0.3, -0.25) is 0 Å². The summed E-state index contributed by atoms with van der Waals surface area (Å²) in [5.74, 6) is -1.05. The van der Waals surface area contributed by atoms with Gasteiger partial charge in [0.2, 0.25) is 0 Å². The Balaban J connectivity index is 2.26. The van der Waals surface area contributed by atoms with Crippen molar-refractivity contribution < 1.29 is 9.90 Å². The van der Waals surface area contributed by atoms with Gasteiger partial charge in [0.1, 0.15) is 5.69 Å². The number of nitrogens with zero attached hydrogens (tertiary/aromatic N) is 1. The molecular formula is C13H11ClN2O2. The normalized spacial score (nSPS) is 10.1. The van der Waals surface area contributed by atoms with Crippen LogP contribution in [-0.2, 0) is 0 Å². The largest absolute Gasteiger partial charge is 0.477 e. The molecule has 0 unspecified atom stereocenters. The van der Waals surface area contributed by atoms with E-state index in [1.807, 2.05) is 19.1 Å². The van der Waals surface area contributed by atoms with Crippen molar-refractivity contribution >= 4 is 28.9 Å². The molecule has 2 rings (SSSR count). The third-order valence-corrected chi connectivity index (χ3v) is 2.79. The fraction of sp³-hybridized carbons (Fsp3) is 0.0769. The monoisotopic (exact) mass is 262 g/mol. The summed E-state index contributed by atoms with van der Waals surface area (Å²) in [6.45, 7) is 1.94. The van der Waals surface area contributed by atoms with Gasteiger partial charge in [-0.2, -0.15) is 0 Å². The zero-order valence-corrected chi connectivity index (χ0v) is 10.4. The van der Waals surface area contributed by atoms with Crippen LogP contribution in [0.4, 0.5) is 11.4 Å². The molecule has 2 N–H and O–H groups in total. The van der Waals surface area contributed by atoms with Crippen molar-refractivity contribution in [2.24, 2.45) is 0 Å². The topological polar surface area (TPSA) is 62.2 Å². The van der Waals surface area contributed by atoms with E-state index >= 15 is 0 Å². The lowest BCUT2D eigenvalue weighted by Crippen LogP contribution is -2.01. The number of para-hydroxylation sites is 1. The maximum Gasteiger partial charge on any atom is 0.354 e. The summed E-state index contributed by atoms with van der Waals surface area (Å²) in [6, 6.07) is 8.69. The van der Waals surface area contributed by atoms with Crippen LogP contribution in [0.1, 0.15) is 16.1 Å². The van der Waals surface area contributed by atoms with Crippen molar-refractivity contribution in [2.75, 3.05) is 5.32 Å². The van der Waals surface area contributed by atoms with Gasteiger partial charge >= 0.3 is 5.97 Å². The second-order valence-corrected chi connectivity index (χ2v) is 4.20. The first-order valence-corrected chi connectivity index (χ1v) is 5.67. The van der Waals surface area contributed by atoms with Gasteiger partial charge in [0.15, 0.2) is 0 Å². The molecule has 2 aromatic rings. The van der Waals surface area contributed by atoms with Gasteiger partial charge in [0.05, 0.1) is 22.6 Å². The highest BCUT2D eigenvalue weighted by Crippen LogP contribution is 2.28. The minimum Gasteiger partial charge on any atom is -0.477 e. The predicted octanol–water partition coefficient (Wildman–Crippen LogP) is 3.49. The molecule has 0 spiro atoms. The average molecular weight is 263 g/mol. The van der Waals surface area contributed by atoms with Gasteiger partial charge < -0.3 is 10.4 Å². The number of pyridine rings is 1. The number of aromatic nitrogens is 1. The molecule has 92 valence electrons. The van der Waals surface area contributed by atoms with Crippen molar-refractivity contribution in [1.29, 1.82) is 0 Å². The summed E-state index contributed by atoms with van der Waals surface area (Å²) >= 11 is 6.08. The van der Waals surface area contributed by atoms with Crippen molar-refractivity contribution in [3.63, 3.8) is 0 Å². The van der Waals surface area contributed by atoms with Crippen LogP contribution >= 0.6 is 11.6 Å². The molecule has 0 radical (unpaired) electrons. The smallest absolute Gasteiger partial charge is 0.354 e. The Bertz CT molecular complexity index is 562. The Labute approximate surface area is 109 Å². The molecule has 0 aliphatic heterocycles. The van der Waals surface area contributed by atoms with E-state index in [-0.39, 0.29) is 5.69 Å². The first kappa shape index (κ1) is 12.4. The van der Waals surface area contributed by atoms with Crippen molar-refractivity contribution in [3.8, 4) is 0 Å². The third kappa shape index (κ3) is 2.60. The number of benzene rings is 1. The van der Waals surface area contributed by atoms with Crippen molar-refractivity contribution in [2.45, 2.75) is 6.92 Å². The van der Waals surface area contributed by atoms with E-state index in [0.717, 1.165) is 11.3 Å². The SMILES string of the molecule is Cc1cccc(Cl)c1Nc1ccc(C(=O)O)nc1. The highest BCUT2D eigenvalue weighted by Gasteiger charge is 2.06. The molecule has 0 saturated heterocycles. The van der Waals surface area contributed by atoms with Crippen LogP contribution in [0.3, 0.4) is 0 Å². The molecule has 1 aromatic carbocycles. The molecule has 18 heavy (non-hydrogen) atoms. The first-order valence-electron chi connectivity index (χ1n) is 5.29. The van der Waals surface area contributed by atoms with Crippen LogP contribution in [0.5, 0.6) is 0 Å². The minimum absolute atomic E-state index is 0.0106. The number of aromatic carboxylic acids is 1. The number of aryl methyl sites for hydroxylation is 1. The van der Waals surface area contributed by atoms with Gasteiger partial charge in [-0.25, -0.2) is 9.78 Å². The van der Waals surface area contributed by atoms with E-state index in [9.17, 15) is 4.79 Å². The summed E-state index contributed by atoms with van der Waals surface area (Å²) in [7, 11) is 0. The minimum atomic E-state index is -1.05. The van der Waals surface area contributed by atoms with Gasteiger partial charge in [-0.15, -0.1) is 0 Å². The Hall–Kier alpha value is -2.07. The van der Waals surface area contributed by atoms with E-state index in [2.05, 4.69) is 10.3 Å². The number of anilines is 2. The maximum absolute atomic E-state index is 10.7. The number of carboxylic acids is 1. The second-order valence-electron chi connectivity index (χ2n) is 3.79. The summed E-state index contributed by atoms with van der Waals surface area (Å²) in [4.78, 5) is 14.5. The van der Waals surface area contributed by atoms with E-state index < -0.39 is 5.97 Å². The fourth-order valence-corrected chi connectivity index (χ4v) is 1.80. The van der Waals surface area contributed by atoms with Gasteiger partial charge in [-0.1, -0.05) is 23.7 Å². The van der Waals surface area contributed by atoms with Crippen LogP contribution in [0, 0.1) is 6.92 Å². The highest BCUT2D eigenvalue weighted by molar-refractivity contribution is 6.33. The molecule has 5 heteroatoms. The molecule has 0 saturated carbocycles. The van der Waals surface area contributed by atoms with Crippen molar-refractivity contribution in [1.82, 2.24) is 4.98 Å². The Morgan fingerprint density at radius 3 is 2.67 bits per heavy atom. The number of hydrogen-bond donors (Lipinski definition) is 2. The zero-order chi connectivity index (χ0) is 13.1. The van der Waals surface area contributed by atoms with Crippen LogP contribution in [-0.4, -0.2) is 16.1 Å². The molecule has 0 fully saturated rings. The lowest BCUT2D eigenvalue weighted by atomic mass is 10.2. The van der Waals surface area contributed by atoms with Gasteiger partial charge in [0.25, 0.3) is 0 Å². The van der Waals surface area contributed by atoms with E-state index in [1.54, 1.807) is 12.1 Å². The molecule has 0 aliphatic carbocycles. The van der Waals surface area contributed by atoms with E-state index in [1.165, 1.54) is 12.3 Å². The number of nitrogens with one attached hydrogen (secondary N) is 1. The van der Waals surface area contributed by atoms with E-state index in [4.69, 9.17) is 16.7 Å². The van der Waals surface area contributed by atoms with E-state index in [0.29, 0.717) is 10.7 Å². The average Bonchev–Trinajstić information content (AvgIpc) is 2.34. The summed E-state index contributed by atoms with van der Waals surface area (Å²) < 4.78 is 0. The molecule has 0 aliphatic rings. The number of carbonyl (C=O) groups is 1. The van der Waals surface area contributed by atoms with Crippen molar-refractivity contribution in [3.05, 3.63) is 52.8 Å². The van der Waals surface area contributed by atoms with Crippen LogP contribution in [0.25, 0.3) is 0 Å². The number of halogens is 1. The lowest BCUT2D eigenvalue weighted by molar-refractivity contribution is 0.0690. The summed E-state index contributed by atoms with van der Waals surface area (Å²) in [6.07, 6.45) is 1.46. The second kappa shape index (κ2) is 5.06. The molecule has 0 amide bonds. The maximum atomic E-state index is 10.7. The standard InChI is InChI=1S/C13H11ClN2O2/c1-8-3-2-4-10(14)12(8)16-9-5-6-11(13(17)18)15-7-9/h2-7,16H,1H3,(H,17,18). The highest BCUT2D eigenvalue weighted by atomic mass is 35.5. The Morgan fingerprint density at radius 2 is 2.11 bits per heavy atom. The van der Waals surface area contributed by atoms with Crippen LogP contribution < -0.4 is 5.32 Å². The summed E-state index contributed by atoms with van der Waals surface area (Å²) in [5.41, 5.74) is 2.50. The van der Waals surface area contributed by atoms with Crippen LogP contribution in [0.15, 0.2) is 36.5 Å².